The number of aromatic carboxylic acids is 1. The highest BCUT2D eigenvalue weighted by Gasteiger charge is 2.17. The lowest BCUT2D eigenvalue weighted by Crippen LogP contribution is -2.23. The molecule has 5 heteroatoms. The Hall–Kier alpha value is -2.30. The van der Waals surface area contributed by atoms with Gasteiger partial charge < -0.3 is 15.7 Å². The molecule has 3 N–H and O–H groups in total. The number of allylic oxidation sites excluding steroid dienone is 1. The van der Waals surface area contributed by atoms with Gasteiger partial charge in [-0.1, -0.05) is 12.1 Å². The van der Waals surface area contributed by atoms with Crippen molar-refractivity contribution in [1.82, 2.24) is 5.32 Å². The molecule has 0 radical (unpaired) electrons. The van der Waals surface area contributed by atoms with Crippen molar-refractivity contribution in [2.45, 2.75) is 12.8 Å². The molecule has 0 unspecified atom stereocenters. The zero-order chi connectivity index (χ0) is 13.0. The molecule has 0 heterocycles. The summed E-state index contributed by atoms with van der Waals surface area (Å²) in [7, 11) is 0. The van der Waals surface area contributed by atoms with Gasteiger partial charge in [0.25, 0.3) is 0 Å². The fraction of sp³-hybridized carbons (Fsp3) is 0.231. The number of carbonyl (C=O) groups is 2. The molecule has 1 saturated carbocycles. The zero-order valence-electron chi connectivity index (χ0n) is 9.72. The van der Waals surface area contributed by atoms with Crippen LogP contribution >= 0.6 is 0 Å². The summed E-state index contributed by atoms with van der Waals surface area (Å²) >= 11 is 0. The Morgan fingerprint density at radius 2 is 2.11 bits per heavy atom. The SMILES string of the molecule is O=C(N/C=C/C1CC1)Nc1cccc(C(=O)O)c1. The van der Waals surface area contributed by atoms with E-state index in [2.05, 4.69) is 10.6 Å². The zero-order valence-corrected chi connectivity index (χ0v) is 9.72. The molecule has 1 aliphatic rings. The van der Waals surface area contributed by atoms with E-state index >= 15 is 0 Å². The normalized spacial score (nSPS) is 14.4. The second-order valence-electron chi connectivity index (χ2n) is 4.18. The summed E-state index contributed by atoms with van der Waals surface area (Å²) in [6.07, 6.45) is 5.93. The van der Waals surface area contributed by atoms with Crippen LogP contribution in [0, 0.1) is 5.92 Å². The minimum absolute atomic E-state index is 0.140. The van der Waals surface area contributed by atoms with E-state index in [1.807, 2.05) is 6.08 Å². The Morgan fingerprint density at radius 1 is 1.33 bits per heavy atom. The van der Waals surface area contributed by atoms with Crippen LogP contribution in [0.3, 0.4) is 0 Å². The topological polar surface area (TPSA) is 78.4 Å². The second-order valence-corrected chi connectivity index (χ2v) is 4.18. The lowest BCUT2D eigenvalue weighted by atomic mass is 10.2. The van der Waals surface area contributed by atoms with Crippen LogP contribution in [0.4, 0.5) is 10.5 Å². The van der Waals surface area contributed by atoms with Crippen LogP contribution in [0.5, 0.6) is 0 Å². The third kappa shape index (κ3) is 3.62. The largest absolute Gasteiger partial charge is 0.478 e. The summed E-state index contributed by atoms with van der Waals surface area (Å²) in [5.74, 6) is -0.423. The maximum absolute atomic E-state index is 11.5. The molecular weight excluding hydrogens is 232 g/mol. The highest BCUT2D eigenvalue weighted by Crippen LogP contribution is 2.29. The van der Waals surface area contributed by atoms with Gasteiger partial charge in [0.15, 0.2) is 0 Å². The van der Waals surface area contributed by atoms with Gasteiger partial charge in [-0.25, -0.2) is 9.59 Å². The first-order valence-electron chi connectivity index (χ1n) is 5.73. The molecule has 2 rings (SSSR count). The van der Waals surface area contributed by atoms with Gasteiger partial charge in [0, 0.05) is 11.9 Å². The summed E-state index contributed by atoms with van der Waals surface area (Å²) < 4.78 is 0. The van der Waals surface area contributed by atoms with Crippen molar-refractivity contribution in [3.05, 3.63) is 42.1 Å². The molecule has 0 atom stereocenters. The molecule has 5 nitrogen and oxygen atoms in total. The number of anilines is 1. The van der Waals surface area contributed by atoms with Crippen LogP contribution in [0.1, 0.15) is 23.2 Å². The molecular formula is C13H14N2O3. The van der Waals surface area contributed by atoms with Gasteiger partial charge in [-0.15, -0.1) is 0 Å². The van der Waals surface area contributed by atoms with E-state index in [9.17, 15) is 9.59 Å². The van der Waals surface area contributed by atoms with Gasteiger partial charge in [0.05, 0.1) is 5.56 Å². The molecule has 1 fully saturated rings. The minimum atomic E-state index is -1.02. The van der Waals surface area contributed by atoms with Gasteiger partial charge in [-0.2, -0.15) is 0 Å². The van der Waals surface area contributed by atoms with Crippen molar-refractivity contribution in [3.8, 4) is 0 Å². The summed E-state index contributed by atoms with van der Waals surface area (Å²) in [4.78, 5) is 22.2. The molecule has 2 amide bonds. The molecule has 1 aromatic carbocycles. The van der Waals surface area contributed by atoms with E-state index in [-0.39, 0.29) is 11.6 Å². The van der Waals surface area contributed by atoms with E-state index < -0.39 is 5.97 Å². The van der Waals surface area contributed by atoms with Gasteiger partial charge in [0.2, 0.25) is 0 Å². The fourth-order valence-electron chi connectivity index (χ4n) is 1.45. The Bertz CT molecular complexity index is 493. The maximum atomic E-state index is 11.5. The molecule has 0 aliphatic heterocycles. The average Bonchev–Trinajstić information content (AvgIpc) is 3.13. The number of benzene rings is 1. The molecule has 0 bridgehead atoms. The van der Waals surface area contributed by atoms with Crippen molar-refractivity contribution >= 4 is 17.7 Å². The predicted octanol–water partition coefficient (Wildman–Crippen LogP) is 2.43. The fourth-order valence-corrected chi connectivity index (χ4v) is 1.45. The van der Waals surface area contributed by atoms with Crippen LogP contribution in [-0.4, -0.2) is 17.1 Å². The number of urea groups is 1. The highest BCUT2D eigenvalue weighted by molar-refractivity contribution is 5.93. The van der Waals surface area contributed by atoms with E-state index in [0.717, 1.165) is 0 Å². The standard InChI is InChI=1S/C13H14N2O3/c16-12(17)10-2-1-3-11(8-10)15-13(18)14-7-6-9-4-5-9/h1-3,6-9H,4-5H2,(H,16,17)(H2,14,15,18)/b7-6+. The minimum Gasteiger partial charge on any atom is -0.478 e. The van der Waals surface area contributed by atoms with Gasteiger partial charge in [-0.05, 0) is 37.0 Å². The van der Waals surface area contributed by atoms with Crippen molar-refractivity contribution in [1.29, 1.82) is 0 Å². The molecule has 94 valence electrons. The third-order valence-corrected chi connectivity index (χ3v) is 2.57. The maximum Gasteiger partial charge on any atom is 0.335 e. The van der Waals surface area contributed by atoms with Crippen LogP contribution in [0.2, 0.25) is 0 Å². The molecule has 0 saturated heterocycles. The number of rotatable bonds is 4. The lowest BCUT2D eigenvalue weighted by molar-refractivity contribution is 0.0697. The molecule has 1 aliphatic carbocycles. The lowest BCUT2D eigenvalue weighted by Gasteiger charge is -2.05. The quantitative estimate of drug-likeness (QED) is 0.763. The van der Waals surface area contributed by atoms with Crippen molar-refractivity contribution in [3.63, 3.8) is 0 Å². The van der Waals surface area contributed by atoms with Crippen LogP contribution in [0.25, 0.3) is 0 Å². The number of nitrogens with one attached hydrogen (secondary N) is 2. The number of hydrogen-bond acceptors (Lipinski definition) is 2. The Kier molecular flexibility index (Phi) is 3.62. The van der Waals surface area contributed by atoms with Gasteiger partial charge in [0.1, 0.15) is 0 Å². The average molecular weight is 246 g/mol. The predicted molar refractivity (Wildman–Crippen MR) is 67.4 cm³/mol. The summed E-state index contributed by atoms with van der Waals surface area (Å²) in [6, 6.07) is 5.72. The summed E-state index contributed by atoms with van der Waals surface area (Å²) in [5.41, 5.74) is 0.591. The molecule has 1 aromatic rings. The van der Waals surface area contributed by atoms with Gasteiger partial charge in [-0.3, -0.25) is 0 Å². The summed E-state index contributed by atoms with van der Waals surface area (Å²) in [5, 5.41) is 14.0. The third-order valence-electron chi connectivity index (χ3n) is 2.57. The molecule has 0 aromatic heterocycles. The van der Waals surface area contributed by atoms with Crippen molar-refractivity contribution in [2.24, 2.45) is 5.92 Å². The van der Waals surface area contributed by atoms with Crippen LogP contribution in [-0.2, 0) is 0 Å². The Morgan fingerprint density at radius 3 is 2.78 bits per heavy atom. The van der Waals surface area contributed by atoms with Crippen LogP contribution in [0.15, 0.2) is 36.5 Å². The van der Waals surface area contributed by atoms with Crippen molar-refractivity contribution in [2.75, 3.05) is 5.32 Å². The van der Waals surface area contributed by atoms with Crippen LogP contribution < -0.4 is 10.6 Å². The smallest absolute Gasteiger partial charge is 0.335 e. The number of carboxylic acid groups (broad SMARTS) is 1. The number of amides is 2. The number of carbonyl (C=O) groups excluding carboxylic acids is 1. The van der Waals surface area contributed by atoms with E-state index in [4.69, 9.17) is 5.11 Å². The van der Waals surface area contributed by atoms with E-state index in [1.54, 1.807) is 18.3 Å². The Balaban J connectivity index is 1.89. The van der Waals surface area contributed by atoms with E-state index in [1.165, 1.54) is 25.0 Å². The first-order valence-corrected chi connectivity index (χ1v) is 5.73. The van der Waals surface area contributed by atoms with Gasteiger partial charge >= 0.3 is 12.0 Å². The Labute approximate surface area is 105 Å². The first-order chi connectivity index (χ1) is 8.65. The highest BCUT2D eigenvalue weighted by atomic mass is 16.4. The molecule has 0 spiro atoms. The number of hydrogen-bond donors (Lipinski definition) is 3. The second kappa shape index (κ2) is 5.35. The van der Waals surface area contributed by atoms with E-state index in [0.29, 0.717) is 11.6 Å². The number of carboxylic acids is 1. The first kappa shape index (κ1) is 12.2. The van der Waals surface area contributed by atoms with Crippen molar-refractivity contribution < 1.29 is 14.7 Å². The monoisotopic (exact) mass is 246 g/mol. The summed E-state index contributed by atoms with van der Waals surface area (Å²) in [6.45, 7) is 0. The molecule has 18 heavy (non-hydrogen) atoms.